The smallest absolute Gasteiger partial charge is 0.227 e. The molecule has 2 atom stereocenters. The molecule has 4 rings (SSSR count). The van der Waals surface area contributed by atoms with E-state index < -0.39 is 5.79 Å². The molecule has 0 radical (unpaired) electrons. The molecule has 0 amide bonds. The molecule has 0 N–H and O–H groups in total. The number of hydrogen-bond acceptors (Lipinski definition) is 4. The van der Waals surface area contributed by atoms with E-state index in [0.717, 1.165) is 25.2 Å². The van der Waals surface area contributed by atoms with Gasteiger partial charge in [-0.2, -0.15) is 0 Å². The van der Waals surface area contributed by atoms with E-state index in [1.807, 2.05) is 6.07 Å². The summed E-state index contributed by atoms with van der Waals surface area (Å²) in [6, 6.07) is 21.4. The molecule has 0 bridgehead atoms. The Balaban J connectivity index is 1.83. The number of aliphatic imine (C=N–C) groups is 1. The van der Waals surface area contributed by atoms with Gasteiger partial charge in [-0.1, -0.05) is 60.7 Å². The fourth-order valence-electron chi connectivity index (χ4n) is 4.12. The van der Waals surface area contributed by atoms with Crippen LogP contribution in [0.5, 0.6) is 0 Å². The first-order valence-electron chi connectivity index (χ1n) is 8.84. The van der Waals surface area contributed by atoms with E-state index >= 15 is 0 Å². The Morgan fingerprint density at radius 2 is 1.52 bits per heavy atom. The highest BCUT2D eigenvalue weighted by Crippen LogP contribution is 2.47. The highest BCUT2D eigenvalue weighted by atomic mass is 16.7. The molecule has 2 aromatic rings. The molecule has 1 saturated heterocycles. The van der Waals surface area contributed by atoms with Crippen molar-refractivity contribution in [3.05, 3.63) is 71.8 Å². The molecule has 130 valence electrons. The first-order valence-corrected chi connectivity index (χ1v) is 8.84. The fraction of sp³-hybridized carbons (Fsp3) is 0.381. The average Bonchev–Trinajstić information content (AvgIpc) is 3.09. The Labute approximate surface area is 149 Å². The van der Waals surface area contributed by atoms with Crippen molar-refractivity contribution >= 4 is 5.84 Å². The van der Waals surface area contributed by atoms with Crippen molar-refractivity contribution in [2.75, 3.05) is 20.8 Å². The van der Waals surface area contributed by atoms with Crippen LogP contribution in [0, 0.1) is 0 Å². The molecule has 1 fully saturated rings. The number of ether oxygens (including phenoxy) is 2. The van der Waals surface area contributed by atoms with E-state index in [9.17, 15) is 0 Å². The van der Waals surface area contributed by atoms with Crippen LogP contribution in [-0.4, -0.2) is 37.3 Å². The summed E-state index contributed by atoms with van der Waals surface area (Å²) < 4.78 is 11.6. The van der Waals surface area contributed by atoms with E-state index in [0.29, 0.717) is 0 Å². The zero-order valence-corrected chi connectivity index (χ0v) is 14.8. The van der Waals surface area contributed by atoms with Crippen molar-refractivity contribution in [3.8, 4) is 0 Å². The van der Waals surface area contributed by atoms with Crippen LogP contribution < -0.4 is 0 Å². The van der Waals surface area contributed by atoms with Crippen LogP contribution in [0.3, 0.4) is 0 Å². The van der Waals surface area contributed by atoms with Crippen LogP contribution in [0.25, 0.3) is 0 Å². The normalized spacial score (nSPS) is 24.7. The van der Waals surface area contributed by atoms with Gasteiger partial charge in [-0.05, 0) is 17.5 Å². The summed E-state index contributed by atoms with van der Waals surface area (Å²) in [5.41, 5.74) is 2.50. The maximum Gasteiger partial charge on any atom is 0.227 e. The monoisotopic (exact) mass is 336 g/mol. The van der Waals surface area contributed by atoms with E-state index in [1.54, 1.807) is 14.2 Å². The molecule has 0 aromatic heterocycles. The number of methoxy groups -OCH3 is 2. The standard InChI is InChI=1S/C21H24N2O2/c1-24-21(25-2)14-9-15-23-19(17-12-7-4-8-13-17)18(22-20(21)23)16-10-5-3-6-11-16/h3-8,10-13,18-19H,9,14-15H2,1-2H3/t18-,19+/m0/s1. The molecule has 2 heterocycles. The maximum atomic E-state index is 5.82. The van der Waals surface area contributed by atoms with E-state index in [2.05, 4.69) is 59.5 Å². The van der Waals surface area contributed by atoms with Crippen LogP contribution in [-0.2, 0) is 9.47 Å². The van der Waals surface area contributed by atoms with Gasteiger partial charge in [0.15, 0.2) is 5.84 Å². The lowest BCUT2D eigenvalue weighted by Gasteiger charge is -2.42. The second kappa shape index (κ2) is 6.62. The number of hydrogen-bond donors (Lipinski definition) is 0. The summed E-state index contributed by atoms with van der Waals surface area (Å²) in [6.07, 6.45) is 1.85. The fourth-order valence-corrected chi connectivity index (χ4v) is 4.12. The minimum Gasteiger partial charge on any atom is -0.347 e. The lowest BCUT2D eigenvalue weighted by molar-refractivity contribution is -0.171. The van der Waals surface area contributed by atoms with Crippen LogP contribution in [0.2, 0.25) is 0 Å². The van der Waals surface area contributed by atoms with Gasteiger partial charge in [0.05, 0.1) is 6.04 Å². The Bertz CT molecular complexity index is 741. The van der Waals surface area contributed by atoms with Crippen molar-refractivity contribution < 1.29 is 9.47 Å². The molecule has 0 spiro atoms. The Hall–Kier alpha value is -2.17. The minimum absolute atomic E-state index is 0.0429. The molecule has 2 aliphatic rings. The van der Waals surface area contributed by atoms with Gasteiger partial charge < -0.3 is 14.4 Å². The first kappa shape index (κ1) is 16.3. The number of nitrogens with zero attached hydrogens (tertiary/aromatic N) is 2. The van der Waals surface area contributed by atoms with Crippen molar-refractivity contribution in [2.24, 2.45) is 4.99 Å². The highest BCUT2D eigenvalue weighted by molar-refractivity contribution is 5.92. The van der Waals surface area contributed by atoms with Crippen LogP contribution in [0.1, 0.15) is 36.1 Å². The third-order valence-electron chi connectivity index (χ3n) is 5.36. The molecular formula is C21H24N2O2. The summed E-state index contributed by atoms with van der Waals surface area (Å²) in [6.45, 7) is 0.968. The summed E-state index contributed by atoms with van der Waals surface area (Å²) in [5, 5.41) is 0. The lowest BCUT2D eigenvalue weighted by atomic mass is 9.92. The minimum atomic E-state index is -0.741. The summed E-state index contributed by atoms with van der Waals surface area (Å²) in [7, 11) is 3.42. The van der Waals surface area contributed by atoms with Crippen molar-refractivity contribution in [3.63, 3.8) is 0 Å². The molecule has 4 nitrogen and oxygen atoms in total. The Morgan fingerprint density at radius 3 is 2.12 bits per heavy atom. The molecule has 2 aliphatic heterocycles. The third kappa shape index (κ3) is 2.66. The zero-order valence-electron chi connectivity index (χ0n) is 14.8. The first-order chi connectivity index (χ1) is 12.3. The average molecular weight is 336 g/mol. The molecule has 0 unspecified atom stereocenters. The highest BCUT2D eigenvalue weighted by Gasteiger charge is 2.50. The summed E-state index contributed by atoms with van der Waals surface area (Å²) in [4.78, 5) is 7.50. The van der Waals surface area contributed by atoms with E-state index in [4.69, 9.17) is 14.5 Å². The van der Waals surface area contributed by atoms with Crippen LogP contribution in [0.4, 0.5) is 0 Å². The predicted octanol–water partition coefficient (Wildman–Crippen LogP) is 3.97. The SMILES string of the molecule is COC1(OC)CCCN2C1=N[C@@H](c1ccccc1)[C@H]2c1ccccc1. The van der Waals surface area contributed by atoms with Crippen molar-refractivity contribution in [1.82, 2.24) is 4.90 Å². The van der Waals surface area contributed by atoms with Gasteiger partial charge in [0, 0.05) is 27.2 Å². The quantitative estimate of drug-likeness (QED) is 0.793. The number of rotatable bonds is 4. The molecule has 2 aromatic carbocycles. The Morgan fingerprint density at radius 1 is 0.920 bits per heavy atom. The molecule has 25 heavy (non-hydrogen) atoms. The number of amidine groups is 1. The van der Waals surface area contributed by atoms with Gasteiger partial charge >= 0.3 is 0 Å². The van der Waals surface area contributed by atoms with Crippen LogP contribution in [0.15, 0.2) is 65.7 Å². The Kier molecular flexibility index (Phi) is 4.32. The van der Waals surface area contributed by atoms with Gasteiger partial charge in [-0.25, -0.2) is 0 Å². The van der Waals surface area contributed by atoms with Gasteiger partial charge in [-0.15, -0.1) is 0 Å². The lowest BCUT2D eigenvalue weighted by Crippen LogP contribution is -2.54. The maximum absolute atomic E-state index is 5.82. The zero-order chi connectivity index (χ0) is 17.3. The second-order valence-electron chi connectivity index (χ2n) is 6.62. The van der Waals surface area contributed by atoms with Crippen molar-refractivity contribution in [1.29, 1.82) is 0 Å². The molecule has 4 heteroatoms. The third-order valence-corrected chi connectivity index (χ3v) is 5.36. The molecule has 0 aliphatic carbocycles. The number of piperidine rings is 1. The van der Waals surface area contributed by atoms with Gasteiger partial charge in [0.2, 0.25) is 5.79 Å². The van der Waals surface area contributed by atoms with Gasteiger partial charge in [-0.3, -0.25) is 4.99 Å². The largest absolute Gasteiger partial charge is 0.347 e. The van der Waals surface area contributed by atoms with E-state index in [1.165, 1.54) is 11.1 Å². The molecular weight excluding hydrogens is 312 g/mol. The van der Waals surface area contributed by atoms with Crippen molar-refractivity contribution in [2.45, 2.75) is 30.7 Å². The number of fused-ring (bicyclic) bond motifs is 1. The molecule has 0 saturated carbocycles. The van der Waals surface area contributed by atoms with Crippen LogP contribution >= 0.6 is 0 Å². The predicted molar refractivity (Wildman–Crippen MR) is 98.5 cm³/mol. The summed E-state index contributed by atoms with van der Waals surface area (Å²) >= 11 is 0. The van der Waals surface area contributed by atoms with E-state index in [-0.39, 0.29) is 12.1 Å². The summed E-state index contributed by atoms with van der Waals surface area (Å²) in [5.74, 6) is 0.181. The second-order valence-corrected chi connectivity index (χ2v) is 6.62. The topological polar surface area (TPSA) is 34.1 Å². The van der Waals surface area contributed by atoms with Gasteiger partial charge in [0.25, 0.3) is 0 Å². The van der Waals surface area contributed by atoms with Gasteiger partial charge in [0.1, 0.15) is 6.04 Å². The number of benzene rings is 2.